The van der Waals surface area contributed by atoms with Gasteiger partial charge in [-0.05, 0) is 45.0 Å². The van der Waals surface area contributed by atoms with Gasteiger partial charge in [-0.2, -0.15) is 5.26 Å². The van der Waals surface area contributed by atoms with Crippen LogP contribution in [-0.2, 0) is 14.6 Å². The Morgan fingerprint density at radius 3 is 2.21 bits per heavy atom. The van der Waals surface area contributed by atoms with Crippen LogP contribution < -0.4 is 5.32 Å². The van der Waals surface area contributed by atoms with Crippen LogP contribution in [0, 0.1) is 11.3 Å². The predicted molar refractivity (Wildman–Crippen MR) is 73.3 cm³/mol. The van der Waals surface area contributed by atoms with Crippen molar-refractivity contribution in [3.63, 3.8) is 0 Å². The fourth-order valence-electron chi connectivity index (χ4n) is 1.21. The van der Waals surface area contributed by atoms with Gasteiger partial charge in [-0.15, -0.1) is 0 Å². The second-order valence-corrected chi connectivity index (χ2v) is 7.85. The molecule has 0 heterocycles. The normalized spacial score (nSPS) is 11.7. The number of anilines is 1. The van der Waals surface area contributed by atoms with Crippen LogP contribution in [0.2, 0.25) is 0 Å². The molecule has 0 radical (unpaired) electrons. The Labute approximate surface area is 113 Å². The zero-order valence-electron chi connectivity index (χ0n) is 11.1. The number of carbonyl (C=O) groups is 1. The van der Waals surface area contributed by atoms with E-state index >= 15 is 0 Å². The highest BCUT2D eigenvalue weighted by molar-refractivity contribution is 7.93. The van der Waals surface area contributed by atoms with E-state index in [1.54, 1.807) is 45.0 Å². The molecule has 5 nitrogen and oxygen atoms in total. The summed E-state index contributed by atoms with van der Waals surface area (Å²) in [4.78, 5) is 11.7. The maximum Gasteiger partial charge on any atom is 0.239 e. The zero-order valence-corrected chi connectivity index (χ0v) is 11.9. The molecule has 19 heavy (non-hydrogen) atoms. The average Bonchev–Trinajstić information content (AvgIpc) is 2.27. The Bertz CT molecular complexity index is 605. The van der Waals surface area contributed by atoms with Gasteiger partial charge in [0.15, 0.2) is 9.84 Å². The molecular weight excluding hydrogens is 264 g/mol. The first-order valence-corrected chi connectivity index (χ1v) is 7.33. The van der Waals surface area contributed by atoms with E-state index in [4.69, 9.17) is 5.26 Å². The van der Waals surface area contributed by atoms with Crippen LogP contribution in [0.1, 0.15) is 26.3 Å². The average molecular weight is 280 g/mol. The molecule has 0 aliphatic heterocycles. The van der Waals surface area contributed by atoms with Gasteiger partial charge in [0.05, 0.1) is 16.4 Å². The monoisotopic (exact) mass is 280 g/mol. The lowest BCUT2D eigenvalue weighted by molar-refractivity contribution is -0.113. The van der Waals surface area contributed by atoms with Crippen LogP contribution in [0.4, 0.5) is 5.69 Å². The lowest BCUT2D eigenvalue weighted by Gasteiger charge is -2.18. The van der Waals surface area contributed by atoms with Crippen molar-refractivity contribution >= 4 is 21.4 Å². The number of hydrogen-bond acceptors (Lipinski definition) is 4. The third-order valence-corrected chi connectivity index (χ3v) is 5.06. The van der Waals surface area contributed by atoms with Gasteiger partial charge in [-0.25, -0.2) is 8.42 Å². The molecule has 1 aromatic rings. The van der Waals surface area contributed by atoms with E-state index in [1.165, 1.54) is 0 Å². The number of nitrogens with zero attached hydrogens (tertiary/aromatic N) is 1. The van der Waals surface area contributed by atoms with Crippen LogP contribution in [0.5, 0.6) is 0 Å². The van der Waals surface area contributed by atoms with E-state index in [0.29, 0.717) is 11.3 Å². The molecule has 1 amide bonds. The van der Waals surface area contributed by atoms with E-state index < -0.39 is 26.2 Å². The first-order valence-electron chi connectivity index (χ1n) is 5.68. The molecule has 0 atom stereocenters. The van der Waals surface area contributed by atoms with Crippen molar-refractivity contribution < 1.29 is 13.2 Å². The van der Waals surface area contributed by atoms with Crippen molar-refractivity contribution in [2.75, 3.05) is 11.1 Å². The summed E-state index contributed by atoms with van der Waals surface area (Å²) in [5.74, 6) is -1.14. The highest BCUT2D eigenvalue weighted by Gasteiger charge is 2.31. The van der Waals surface area contributed by atoms with E-state index in [0.717, 1.165) is 0 Å². The molecule has 1 N–H and O–H groups in total. The van der Waals surface area contributed by atoms with Gasteiger partial charge in [0, 0.05) is 5.69 Å². The quantitative estimate of drug-likeness (QED) is 0.913. The minimum absolute atomic E-state index is 0.466. The summed E-state index contributed by atoms with van der Waals surface area (Å²) in [5.41, 5.74) is 0.938. The lowest BCUT2D eigenvalue weighted by Crippen LogP contribution is -2.35. The maximum absolute atomic E-state index is 11.8. The second kappa shape index (κ2) is 5.41. The molecule has 0 spiro atoms. The molecule has 0 aliphatic rings. The summed E-state index contributed by atoms with van der Waals surface area (Å²) >= 11 is 0. The minimum atomic E-state index is -3.49. The largest absolute Gasteiger partial charge is 0.325 e. The van der Waals surface area contributed by atoms with Crippen molar-refractivity contribution in [3.05, 3.63) is 29.8 Å². The third kappa shape index (κ3) is 4.07. The Morgan fingerprint density at radius 1 is 1.26 bits per heavy atom. The number of hydrogen-bond donors (Lipinski definition) is 1. The predicted octanol–water partition coefficient (Wildman–Crippen LogP) is 1.71. The van der Waals surface area contributed by atoms with Crippen molar-refractivity contribution in [3.8, 4) is 6.07 Å². The molecular formula is C13H16N2O3S. The summed E-state index contributed by atoms with van der Waals surface area (Å²) in [6, 6.07) is 8.17. The van der Waals surface area contributed by atoms with Crippen molar-refractivity contribution in [1.29, 1.82) is 5.26 Å². The number of carbonyl (C=O) groups excluding carboxylic acids is 1. The molecule has 0 bridgehead atoms. The van der Waals surface area contributed by atoms with Gasteiger partial charge in [-0.3, -0.25) is 4.79 Å². The van der Waals surface area contributed by atoms with Crippen molar-refractivity contribution in [2.45, 2.75) is 25.5 Å². The molecule has 1 rings (SSSR count). The first kappa shape index (κ1) is 15.2. The summed E-state index contributed by atoms with van der Waals surface area (Å²) in [6.45, 7) is 4.66. The molecule has 6 heteroatoms. The second-order valence-electron chi connectivity index (χ2n) is 5.11. The van der Waals surface area contributed by atoms with Crippen LogP contribution in [0.15, 0.2) is 24.3 Å². The molecule has 0 fully saturated rings. The smallest absolute Gasteiger partial charge is 0.239 e. The minimum Gasteiger partial charge on any atom is -0.325 e. The van der Waals surface area contributed by atoms with Gasteiger partial charge >= 0.3 is 0 Å². The molecule has 0 saturated heterocycles. The number of rotatable bonds is 3. The molecule has 0 saturated carbocycles. The van der Waals surface area contributed by atoms with Gasteiger partial charge in [0.1, 0.15) is 5.75 Å². The number of benzene rings is 1. The summed E-state index contributed by atoms with van der Waals surface area (Å²) in [7, 11) is -3.49. The SMILES string of the molecule is CC(C)(C)S(=O)(=O)CC(=O)Nc1ccc(C#N)cc1. The number of sulfone groups is 1. The fourth-order valence-corrected chi connectivity index (χ4v) is 2.06. The Kier molecular flexibility index (Phi) is 4.32. The molecule has 1 aromatic carbocycles. The molecule has 0 aliphatic carbocycles. The van der Waals surface area contributed by atoms with Crippen LogP contribution in [-0.4, -0.2) is 24.8 Å². The molecule has 102 valence electrons. The van der Waals surface area contributed by atoms with Crippen LogP contribution in [0.25, 0.3) is 0 Å². The van der Waals surface area contributed by atoms with Gasteiger partial charge < -0.3 is 5.32 Å². The van der Waals surface area contributed by atoms with Gasteiger partial charge in [0.2, 0.25) is 5.91 Å². The highest BCUT2D eigenvalue weighted by Crippen LogP contribution is 2.16. The van der Waals surface area contributed by atoms with Gasteiger partial charge in [0.25, 0.3) is 0 Å². The van der Waals surface area contributed by atoms with E-state index in [-0.39, 0.29) is 0 Å². The summed E-state index contributed by atoms with van der Waals surface area (Å²) < 4.78 is 22.7. The Balaban J connectivity index is 2.74. The van der Waals surface area contributed by atoms with Gasteiger partial charge in [-0.1, -0.05) is 0 Å². The summed E-state index contributed by atoms with van der Waals surface area (Å²) in [6.07, 6.45) is 0. The fraction of sp³-hybridized carbons (Fsp3) is 0.385. The third-order valence-electron chi connectivity index (χ3n) is 2.55. The zero-order chi connectivity index (χ0) is 14.7. The number of amides is 1. The maximum atomic E-state index is 11.8. The molecule has 0 unspecified atom stereocenters. The topological polar surface area (TPSA) is 87.0 Å². The van der Waals surface area contributed by atoms with E-state index in [9.17, 15) is 13.2 Å². The van der Waals surface area contributed by atoms with E-state index in [2.05, 4.69) is 5.32 Å². The Morgan fingerprint density at radius 2 is 1.79 bits per heavy atom. The van der Waals surface area contributed by atoms with E-state index in [1.807, 2.05) is 6.07 Å². The van der Waals surface area contributed by atoms with Crippen molar-refractivity contribution in [1.82, 2.24) is 0 Å². The van der Waals surface area contributed by atoms with Crippen LogP contribution in [0.3, 0.4) is 0 Å². The lowest BCUT2D eigenvalue weighted by atomic mass is 10.2. The number of nitriles is 1. The molecule has 0 aromatic heterocycles. The highest BCUT2D eigenvalue weighted by atomic mass is 32.2. The summed E-state index contributed by atoms with van der Waals surface area (Å²) in [5, 5.41) is 11.1. The standard InChI is InChI=1S/C13H16N2O3S/c1-13(2,3)19(17,18)9-12(16)15-11-6-4-10(8-14)5-7-11/h4-7H,9H2,1-3H3,(H,15,16). The number of nitrogens with one attached hydrogen (secondary N) is 1. The first-order chi connectivity index (χ1) is 8.65. The Hall–Kier alpha value is -1.87. The van der Waals surface area contributed by atoms with Crippen LogP contribution >= 0.6 is 0 Å². The van der Waals surface area contributed by atoms with Crippen molar-refractivity contribution in [2.24, 2.45) is 0 Å².